The smallest absolute Gasteiger partial charge is 0.226 e. The number of carbonyl (C=O) groups is 1. The van der Waals surface area contributed by atoms with Crippen LogP contribution in [0.3, 0.4) is 0 Å². The Balaban J connectivity index is 2.05. The van der Waals surface area contributed by atoms with Gasteiger partial charge in [-0.2, -0.15) is 16.9 Å². The number of amides is 1. The van der Waals surface area contributed by atoms with Crippen molar-refractivity contribution in [2.24, 2.45) is 5.92 Å². The van der Waals surface area contributed by atoms with Crippen molar-refractivity contribution in [2.75, 3.05) is 25.1 Å². The van der Waals surface area contributed by atoms with Gasteiger partial charge < -0.3 is 4.90 Å². The first kappa shape index (κ1) is 15.4. The van der Waals surface area contributed by atoms with Gasteiger partial charge in [-0.1, -0.05) is 6.92 Å². The van der Waals surface area contributed by atoms with Crippen molar-refractivity contribution in [3.05, 3.63) is 11.6 Å². The fraction of sp³-hybridized carbons (Fsp3) is 0.786. The normalized spacial score (nSPS) is 21.0. The number of hydrogen-bond acceptors (Lipinski definition) is 4. The lowest BCUT2D eigenvalue weighted by atomic mass is 10.0. The van der Waals surface area contributed by atoms with Crippen LogP contribution in [0.25, 0.3) is 0 Å². The van der Waals surface area contributed by atoms with E-state index in [0.717, 1.165) is 43.3 Å². The minimum Gasteiger partial charge on any atom is -0.340 e. The molecule has 1 aromatic heterocycles. The lowest BCUT2D eigenvalue weighted by Gasteiger charge is -2.34. The second kappa shape index (κ2) is 6.61. The van der Waals surface area contributed by atoms with E-state index in [9.17, 15) is 4.79 Å². The van der Waals surface area contributed by atoms with E-state index >= 15 is 0 Å². The van der Waals surface area contributed by atoms with Gasteiger partial charge in [0, 0.05) is 24.8 Å². The highest BCUT2D eigenvalue weighted by atomic mass is 32.2. The first-order valence-corrected chi connectivity index (χ1v) is 8.59. The summed E-state index contributed by atoms with van der Waals surface area (Å²) in [6.45, 7) is 7.56. The first-order chi connectivity index (χ1) is 9.52. The molecule has 2 atom stereocenters. The van der Waals surface area contributed by atoms with Crippen LogP contribution in [-0.4, -0.2) is 50.7 Å². The molecule has 20 heavy (non-hydrogen) atoms. The van der Waals surface area contributed by atoms with Crippen LogP contribution in [0.1, 0.15) is 37.5 Å². The third-order valence-corrected chi connectivity index (χ3v) is 4.63. The Morgan fingerprint density at radius 2 is 2.25 bits per heavy atom. The maximum atomic E-state index is 12.4. The minimum absolute atomic E-state index is 0.0994. The minimum atomic E-state index is 0.0994. The lowest BCUT2D eigenvalue weighted by molar-refractivity contribution is -0.136. The molecule has 0 radical (unpaired) electrons. The molecule has 0 saturated carbocycles. The van der Waals surface area contributed by atoms with Gasteiger partial charge in [-0.3, -0.25) is 4.79 Å². The number of carbonyl (C=O) groups excluding carboxylic acids is 1. The summed E-state index contributed by atoms with van der Waals surface area (Å²) >= 11 is 1.73. The van der Waals surface area contributed by atoms with Crippen molar-refractivity contribution in [2.45, 2.75) is 39.7 Å². The molecule has 0 aromatic carbocycles. The summed E-state index contributed by atoms with van der Waals surface area (Å²) in [6.07, 6.45) is 4.16. The number of aromatic nitrogens is 3. The van der Waals surface area contributed by atoms with Gasteiger partial charge in [-0.25, -0.2) is 9.67 Å². The summed E-state index contributed by atoms with van der Waals surface area (Å²) in [5.41, 5.74) is 0. The number of aryl methyl sites for hydroxylation is 2. The summed E-state index contributed by atoms with van der Waals surface area (Å²) < 4.78 is 1.99. The van der Waals surface area contributed by atoms with E-state index in [1.54, 1.807) is 11.8 Å². The van der Waals surface area contributed by atoms with Gasteiger partial charge in [0.25, 0.3) is 0 Å². The van der Waals surface area contributed by atoms with Crippen molar-refractivity contribution >= 4 is 17.7 Å². The Labute approximate surface area is 125 Å². The first-order valence-electron chi connectivity index (χ1n) is 7.20. The Bertz CT molecular complexity index is 474. The summed E-state index contributed by atoms with van der Waals surface area (Å²) in [6, 6.07) is 0.273. The van der Waals surface area contributed by atoms with Crippen LogP contribution < -0.4 is 0 Å². The molecule has 112 valence electrons. The zero-order chi connectivity index (χ0) is 14.7. The molecule has 1 aliphatic rings. The van der Waals surface area contributed by atoms with E-state index in [0.29, 0.717) is 0 Å². The van der Waals surface area contributed by atoms with Gasteiger partial charge in [0.1, 0.15) is 11.6 Å². The van der Waals surface area contributed by atoms with Gasteiger partial charge >= 0.3 is 0 Å². The van der Waals surface area contributed by atoms with Crippen molar-refractivity contribution in [1.82, 2.24) is 19.7 Å². The van der Waals surface area contributed by atoms with Crippen LogP contribution >= 0.6 is 11.8 Å². The Morgan fingerprint density at radius 1 is 1.50 bits per heavy atom. The largest absolute Gasteiger partial charge is 0.340 e. The molecular formula is C14H24N4OS. The van der Waals surface area contributed by atoms with E-state index in [1.807, 2.05) is 36.6 Å². The molecule has 1 aromatic rings. The molecule has 1 aliphatic heterocycles. The average molecular weight is 296 g/mol. The molecule has 6 heteroatoms. The van der Waals surface area contributed by atoms with Gasteiger partial charge in [-0.05, 0) is 32.9 Å². The summed E-state index contributed by atoms with van der Waals surface area (Å²) in [7, 11) is 0. The fourth-order valence-electron chi connectivity index (χ4n) is 2.87. The highest BCUT2D eigenvalue weighted by Gasteiger charge is 2.28. The SMILES string of the molecule is CSC[C@@H](C)C(=O)N1CCC[C@@H](n2nc(C)nc2C)C1. The molecule has 1 fully saturated rings. The van der Waals surface area contributed by atoms with Crippen LogP contribution in [0.4, 0.5) is 0 Å². The number of rotatable bonds is 4. The van der Waals surface area contributed by atoms with Gasteiger partial charge in [0.15, 0.2) is 0 Å². The van der Waals surface area contributed by atoms with Gasteiger partial charge in [0.2, 0.25) is 5.91 Å². The standard InChI is InChI=1S/C14H24N4OS/c1-10(9-20-4)14(19)17-7-5-6-13(8-17)18-12(3)15-11(2)16-18/h10,13H,5-9H2,1-4H3/t10-,13-/m1/s1. The number of nitrogens with zero attached hydrogens (tertiary/aromatic N) is 4. The molecule has 2 heterocycles. The van der Waals surface area contributed by atoms with Crippen molar-refractivity contribution in [3.8, 4) is 0 Å². The second-order valence-corrected chi connectivity index (χ2v) is 6.50. The highest BCUT2D eigenvalue weighted by molar-refractivity contribution is 7.98. The molecule has 0 spiro atoms. The third kappa shape index (κ3) is 3.34. The number of thioether (sulfide) groups is 1. The van der Waals surface area contributed by atoms with Crippen molar-refractivity contribution in [3.63, 3.8) is 0 Å². The van der Waals surface area contributed by atoms with E-state index < -0.39 is 0 Å². The van der Waals surface area contributed by atoms with Gasteiger partial charge in [-0.15, -0.1) is 0 Å². The number of hydrogen-bond donors (Lipinski definition) is 0. The quantitative estimate of drug-likeness (QED) is 0.853. The number of piperidine rings is 1. The molecule has 0 aliphatic carbocycles. The molecule has 5 nitrogen and oxygen atoms in total. The van der Waals surface area contributed by atoms with E-state index in [-0.39, 0.29) is 17.9 Å². The third-order valence-electron chi connectivity index (χ3n) is 3.80. The van der Waals surface area contributed by atoms with Crippen LogP contribution in [-0.2, 0) is 4.79 Å². The van der Waals surface area contributed by atoms with Crippen molar-refractivity contribution in [1.29, 1.82) is 0 Å². The Morgan fingerprint density at radius 3 is 2.85 bits per heavy atom. The van der Waals surface area contributed by atoms with Crippen LogP contribution in [0.2, 0.25) is 0 Å². The Kier molecular flexibility index (Phi) is 5.07. The zero-order valence-electron chi connectivity index (χ0n) is 12.8. The topological polar surface area (TPSA) is 51.0 Å². The van der Waals surface area contributed by atoms with Crippen LogP contribution in [0.5, 0.6) is 0 Å². The summed E-state index contributed by atoms with van der Waals surface area (Å²) in [4.78, 5) is 18.8. The van der Waals surface area contributed by atoms with E-state index in [4.69, 9.17) is 0 Å². The molecule has 0 N–H and O–H groups in total. The monoisotopic (exact) mass is 296 g/mol. The lowest BCUT2D eigenvalue weighted by Crippen LogP contribution is -2.43. The summed E-state index contributed by atoms with van der Waals surface area (Å²) in [5.74, 6) is 3.02. The van der Waals surface area contributed by atoms with Gasteiger partial charge in [0.05, 0.1) is 6.04 Å². The maximum absolute atomic E-state index is 12.4. The molecule has 0 bridgehead atoms. The predicted molar refractivity (Wildman–Crippen MR) is 81.9 cm³/mol. The average Bonchev–Trinajstić information content (AvgIpc) is 2.77. The number of likely N-dealkylation sites (tertiary alicyclic amines) is 1. The molecule has 1 saturated heterocycles. The second-order valence-electron chi connectivity index (χ2n) is 5.59. The maximum Gasteiger partial charge on any atom is 0.226 e. The van der Waals surface area contributed by atoms with E-state index in [1.165, 1.54) is 0 Å². The van der Waals surface area contributed by atoms with Crippen molar-refractivity contribution < 1.29 is 4.79 Å². The summed E-state index contributed by atoms with van der Waals surface area (Å²) in [5, 5.41) is 4.47. The zero-order valence-corrected chi connectivity index (χ0v) is 13.6. The molecule has 2 rings (SSSR count). The van der Waals surface area contributed by atoms with Crippen LogP contribution in [0, 0.1) is 19.8 Å². The highest BCUT2D eigenvalue weighted by Crippen LogP contribution is 2.23. The molecular weight excluding hydrogens is 272 g/mol. The van der Waals surface area contributed by atoms with Crippen LogP contribution in [0.15, 0.2) is 0 Å². The van der Waals surface area contributed by atoms with E-state index in [2.05, 4.69) is 10.1 Å². The Hall–Kier alpha value is -1.04. The fourth-order valence-corrected chi connectivity index (χ4v) is 3.51. The molecule has 0 unspecified atom stereocenters. The molecule has 1 amide bonds. The predicted octanol–water partition coefficient (Wildman–Crippen LogP) is 2.06.